The van der Waals surface area contributed by atoms with Crippen LogP contribution in [0.3, 0.4) is 0 Å². The Morgan fingerprint density at radius 2 is 2.30 bits per heavy atom. The summed E-state index contributed by atoms with van der Waals surface area (Å²) in [5.41, 5.74) is 2.23. The average Bonchev–Trinajstić information content (AvgIpc) is 3.11. The summed E-state index contributed by atoms with van der Waals surface area (Å²) in [6.07, 6.45) is 1.20. The van der Waals surface area contributed by atoms with Gasteiger partial charge in [0, 0.05) is 25.3 Å². The molecule has 0 bridgehead atoms. The molecule has 4 nitrogen and oxygen atoms in total. The molecule has 3 rings (SSSR count). The minimum atomic E-state index is -0.0325. The third-order valence-corrected chi connectivity index (χ3v) is 4.53. The smallest absolute Gasteiger partial charge is 0.229 e. The van der Waals surface area contributed by atoms with Crippen molar-refractivity contribution in [1.82, 2.24) is 10.2 Å². The van der Waals surface area contributed by atoms with Crippen molar-refractivity contribution >= 4 is 11.6 Å². The molecule has 0 aromatic heterocycles. The second-order valence-corrected chi connectivity index (χ2v) is 5.81. The summed E-state index contributed by atoms with van der Waals surface area (Å²) in [4.78, 5) is 14.8. The molecule has 2 heterocycles. The van der Waals surface area contributed by atoms with Crippen molar-refractivity contribution < 1.29 is 4.79 Å². The van der Waals surface area contributed by atoms with Crippen molar-refractivity contribution in [3.63, 3.8) is 0 Å². The normalized spacial score (nSPS) is 25.2. The molecule has 0 aliphatic carbocycles. The molecule has 2 atom stereocenters. The lowest BCUT2D eigenvalue weighted by Crippen LogP contribution is -2.35. The van der Waals surface area contributed by atoms with E-state index >= 15 is 0 Å². The molecular weight excluding hydrogens is 250 g/mol. The predicted molar refractivity (Wildman–Crippen MR) is 80.9 cm³/mol. The van der Waals surface area contributed by atoms with Crippen LogP contribution in [-0.2, 0) is 4.79 Å². The molecule has 1 aromatic rings. The molecule has 108 valence electrons. The Labute approximate surface area is 120 Å². The summed E-state index contributed by atoms with van der Waals surface area (Å²) in [5.74, 6) is 0.746. The molecule has 2 N–H and O–H groups in total. The number of carbonyl (C=O) groups is 1. The van der Waals surface area contributed by atoms with E-state index in [0.29, 0.717) is 5.92 Å². The van der Waals surface area contributed by atoms with E-state index in [1.807, 2.05) is 24.3 Å². The Hall–Kier alpha value is -1.55. The van der Waals surface area contributed by atoms with Gasteiger partial charge in [-0.1, -0.05) is 25.1 Å². The molecule has 1 amide bonds. The fourth-order valence-electron chi connectivity index (χ4n) is 3.25. The third-order valence-electron chi connectivity index (χ3n) is 4.53. The number of benzene rings is 1. The van der Waals surface area contributed by atoms with Crippen molar-refractivity contribution in [3.05, 3.63) is 29.8 Å². The van der Waals surface area contributed by atoms with Gasteiger partial charge >= 0.3 is 0 Å². The lowest BCUT2D eigenvalue weighted by molar-refractivity contribution is -0.122. The molecule has 0 saturated carbocycles. The number of hydrogen-bond acceptors (Lipinski definition) is 3. The van der Waals surface area contributed by atoms with E-state index in [0.717, 1.165) is 37.4 Å². The molecule has 0 spiro atoms. The molecule has 20 heavy (non-hydrogen) atoms. The fourth-order valence-corrected chi connectivity index (χ4v) is 3.25. The number of hydrogen-bond donors (Lipinski definition) is 2. The van der Waals surface area contributed by atoms with Crippen molar-refractivity contribution in [3.8, 4) is 0 Å². The van der Waals surface area contributed by atoms with Crippen molar-refractivity contribution in [2.24, 2.45) is 5.92 Å². The number of rotatable bonds is 4. The van der Waals surface area contributed by atoms with Gasteiger partial charge in [0.25, 0.3) is 0 Å². The number of nitrogens with one attached hydrogen (secondary N) is 2. The van der Waals surface area contributed by atoms with E-state index in [-0.39, 0.29) is 11.8 Å². The maximum Gasteiger partial charge on any atom is 0.229 e. The predicted octanol–water partition coefficient (Wildman–Crippen LogP) is 1.65. The van der Waals surface area contributed by atoms with Crippen LogP contribution in [0.4, 0.5) is 5.69 Å². The Bertz CT molecular complexity index is 488. The number of likely N-dealkylation sites (tertiary alicyclic amines) is 1. The van der Waals surface area contributed by atoms with Gasteiger partial charge in [-0.3, -0.25) is 4.79 Å². The molecule has 2 unspecified atom stereocenters. The zero-order valence-corrected chi connectivity index (χ0v) is 12.1. The molecular formula is C16H23N3O. The quantitative estimate of drug-likeness (QED) is 0.877. The summed E-state index contributed by atoms with van der Waals surface area (Å²) in [5, 5.41) is 6.45. The number of para-hydroxylation sites is 1. The molecule has 2 aliphatic heterocycles. The highest BCUT2D eigenvalue weighted by atomic mass is 16.1. The standard InChI is InChI=1S/C16H23N3O/c1-2-19-8-7-12(11-19)9-18-16(20)14-10-17-15-6-4-3-5-13(14)15/h3-6,12,14,17H,2,7-11H2,1H3,(H,18,20). The van der Waals surface area contributed by atoms with Crippen LogP contribution in [0.5, 0.6) is 0 Å². The zero-order valence-electron chi connectivity index (χ0n) is 12.1. The molecule has 1 aromatic carbocycles. The largest absolute Gasteiger partial charge is 0.384 e. The van der Waals surface area contributed by atoms with E-state index < -0.39 is 0 Å². The van der Waals surface area contributed by atoms with Crippen LogP contribution in [0.2, 0.25) is 0 Å². The van der Waals surface area contributed by atoms with Crippen LogP contribution < -0.4 is 10.6 Å². The highest BCUT2D eigenvalue weighted by Crippen LogP contribution is 2.31. The summed E-state index contributed by atoms with van der Waals surface area (Å²) in [7, 11) is 0. The van der Waals surface area contributed by atoms with Crippen molar-refractivity contribution in [2.45, 2.75) is 19.3 Å². The van der Waals surface area contributed by atoms with Gasteiger partial charge in [-0.15, -0.1) is 0 Å². The van der Waals surface area contributed by atoms with Crippen molar-refractivity contribution in [1.29, 1.82) is 0 Å². The lowest BCUT2D eigenvalue weighted by atomic mass is 10.00. The van der Waals surface area contributed by atoms with Crippen LogP contribution >= 0.6 is 0 Å². The SMILES string of the molecule is CCN1CCC(CNC(=O)C2CNc3ccccc32)C1. The number of anilines is 1. The summed E-state index contributed by atoms with van der Waals surface area (Å²) in [6.45, 7) is 7.14. The highest BCUT2D eigenvalue weighted by molar-refractivity contribution is 5.88. The highest BCUT2D eigenvalue weighted by Gasteiger charge is 2.29. The van der Waals surface area contributed by atoms with Gasteiger partial charge in [0.2, 0.25) is 5.91 Å². The number of fused-ring (bicyclic) bond motifs is 1. The van der Waals surface area contributed by atoms with Gasteiger partial charge in [0.1, 0.15) is 0 Å². The summed E-state index contributed by atoms with van der Waals surface area (Å²) >= 11 is 0. The first kappa shape index (κ1) is 13.4. The van der Waals surface area contributed by atoms with E-state index in [2.05, 4.69) is 22.5 Å². The van der Waals surface area contributed by atoms with Gasteiger partial charge in [-0.2, -0.15) is 0 Å². The minimum absolute atomic E-state index is 0.0325. The van der Waals surface area contributed by atoms with Gasteiger partial charge in [0.15, 0.2) is 0 Å². The lowest BCUT2D eigenvalue weighted by Gasteiger charge is -2.16. The molecule has 0 radical (unpaired) electrons. The van der Waals surface area contributed by atoms with Gasteiger partial charge in [-0.25, -0.2) is 0 Å². The van der Waals surface area contributed by atoms with Crippen LogP contribution in [-0.4, -0.2) is 43.5 Å². The maximum absolute atomic E-state index is 12.4. The Morgan fingerprint density at radius 3 is 3.10 bits per heavy atom. The zero-order chi connectivity index (χ0) is 13.9. The first-order valence-corrected chi connectivity index (χ1v) is 7.60. The van der Waals surface area contributed by atoms with Gasteiger partial charge in [0.05, 0.1) is 5.92 Å². The van der Waals surface area contributed by atoms with Crippen LogP contribution in [0.1, 0.15) is 24.8 Å². The Balaban J connectivity index is 1.53. The van der Waals surface area contributed by atoms with E-state index in [4.69, 9.17) is 0 Å². The molecule has 2 aliphatic rings. The van der Waals surface area contributed by atoms with Crippen molar-refractivity contribution in [2.75, 3.05) is 38.0 Å². The first-order valence-electron chi connectivity index (χ1n) is 7.60. The van der Waals surface area contributed by atoms with E-state index in [1.54, 1.807) is 0 Å². The number of nitrogens with zero attached hydrogens (tertiary/aromatic N) is 1. The maximum atomic E-state index is 12.4. The molecule has 1 fully saturated rings. The Kier molecular flexibility index (Phi) is 3.92. The first-order chi connectivity index (χ1) is 9.78. The van der Waals surface area contributed by atoms with Gasteiger partial charge in [-0.05, 0) is 37.1 Å². The second kappa shape index (κ2) is 5.83. The molecule has 1 saturated heterocycles. The van der Waals surface area contributed by atoms with Crippen LogP contribution in [0.25, 0.3) is 0 Å². The number of amides is 1. The summed E-state index contributed by atoms with van der Waals surface area (Å²) in [6, 6.07) is 8.10. The monoisotopic (exact) mass is 273 g/mol. The van der Waals surface area contributed by atoms with Crippen LogP contribution in [0, 0.1) is 5.92 Å². The fraction of sp³-hybridized carbons (Fsp3) is 0.562. The summed E-state index contributed by atoms with van der Waals surface area (Å²) < 4.78 is 0. The van der Waals surface area contributed by atoms with E-state index in [9.17, 15) is 4.79 Å². The number of carbonyl (C=O) groups excluding carboxylic acids is 1. The van der Waals surface area contributed by atoms with Gasteiger partial charge < -0.3 is 15.5 Å². The minimum Gasteiger partial charge on any atom is -0.384 e. The molecule has 4 heteroatoms. The topological polar surface area (TPSA) is 44.4 Å². The third kappa shape index (κ3) is 2.66. The van der Waals surface area contributed by atoms with Crippen LogP contribution in [0.15, 0.2) is 24.3 Å². The van der Waals surface area contributed by atoms with E-state index in [1.165, 1.54) is 13.0 Å². The second-order valence-electron chi connectivity index (χ2n) is 5.81. The average molecular weight is 273 g/mol. The Morgan fingerprint density at radius 1 is 1.45 bits per heavy atom.